The summed E-state index contributed by atoms with van der Waals surface area (Å²) in [6.07, 6.45) is 0.351. The second-order valence-electron chi connectivity index (χ2n) is 3.44. The van der Waals surface area contributed by atoms with Crippen LogP contribution >= 0.6 is 11.6 Å². The predicted molar refractivity (Wildman–Crippen MR) is 56.4 cm³/mol. The molecule has 0 radical (unpaired) electrons. The topological polar surface area (TPSA) is 46.3 Å². The maximum absolute atomic E-state index is 11.5. The molecule has 1 atom stereocenters. The van der Waals surface area contributed by atoms with E-state index in [2.05, 4.69) is 0 Å². The number of hydrogen-bond acceptors (Lipinski definition) is 2. The van der Waals surface area contributed by atoms with Crippen LogP contribution in [0.2, 0.25) is 5.02 Å². The molecule has 2 rings (SSSR count). The minimum Gasteiger partial charge on any atom is -0.323 e. The van der Waals surface area contributed by atoms with Gasteiger partial charge in [0.15, 0.2) is 0 Å². The molecular weight excluding hydrogens is 200 g/mol. The van der Waals surface area contributed by atoms with Crippen LogP contribution < -0.4 is 10.6 Å². The maximum atomic E-state index is 11.5. The monoisotopic (exact) mass is 210 g/mol. The van der Waals surface area contributed by atoms with Crippen LogP contribution in [0, 0.1) is 0 Å². The number of carbonyl (C=O) groups excluding carboxylic acids is 1. The molecule has 2 N–H and O–H groups in total. The van der Waals surface area contributed by atoms with Gasteiger partial charge in [0.05, 0.1) is 10.7 Å². The van der Waals surface area contributed by atoms with E-state index in [9.17, 15) is 4.79 Å². The number of hydrogen-bond donors (Lipinski definition) is 1. The van der Waals surface area contributed by atoms with E-state index in [1.54, 1.807) is 18.0 Å². The van der Waals surface area contributed by atoms with Crippen LogP contribution in [0.5, 0.6) is 0 Å². The fourth-order valence-corrected chi connectivity index (χ4v) is 2.05. The van der Waals surface area contributed by atoms with Gasteiger partial charge in [0.25, 0.3) is 0 Å². The molecule has 1 heterocycles. The van der Waals surface area contributed by atoms with E-state index in [1.807, 2.05) is 12.1 Å². The Labute approximate surface area is 87.4 Å². The number of nitrogens with zero attached hydrogens (tertiary/aromatic N) is 1. The van der Waals surface area contributed by atoms with E-state index in [4.69, 9.17) is 17.3 Å². The molecule has 0 saturated carbocycles. The molecule has 0 spiro atoms. The smallest absolute Gasteiger partial charge is 0.228 e. The van der Waals surface area contributed by atoms with E-state index in [1.165, 1.54) is 0 Å². The number of anilines is 1. The molecule has 0 saturated heterocycles. The summed E-state index contributed by atoms with van der Waals surface area (Å²) in [4.78, 5) is 13.1. The van der Waals surface area contributed by atoms with Crippen molar-refractivity contribution in [1.29, 1.82) is 0 Å². The molecule has 1 aromatic carbocycles. The van der Waals surface area contributed by atoms with Crippen molar-refractivity contribution in [2.45, 2.75) is 12.5 Å². The van der Waals surface area contributed by atoms with Gasteiger partial charge in [0, 0.05) is 19.5 Å². The number of amides is 1. The van der Waals surface area contributed by atoms with Gasteiger partial charge in [0.2, 0.25) is 5.91 Å². The highest BCUT2D eigenvalue weighted by Gasteiger charge is 2.28. The minimum atomic E-state index is -0.229. The summed E-state index contributed by atoms with van der Waals surface area (Å²) >= 11 is 6.02. The summed E-state index contributed by atoms with van der Waals surface area (Å²) in [5.41, 5.74) is 7.55. The molecule has 1 aliphatic rings. The third kappa shape index (κ3) is 1.29. The van der Waals surface area contributed by atoms with Crippen LogP contribution in [-0.2, 0) is 4.79 Å². The fraction of sp³-hybridized carbons (Fsp3) is 0.300. The minimum absolute atomic E-state index is 0.0121. The van der Waals surface area contributed by atoms with Gasteiger partial charge in [-0.3, -0.25) is 4.79 Å². The van der Waals surface area contributed by atoms with Crippen LogP contribution in [0.15, 0.2) is 18.2 Å². The van der Waals surface area contributed by atoms with Gasteiger partial charge in [0.1, 0.15) is 0 Å². The third-order valence-corrected chi connectivity index (χ3v) is 2.83. The number of fused-ring (bicyclic) bond motifs is 1. The van der Waals surface area contributed by atoms with Crippen LogP contribution in [0.25, 0.3) is 0 Å². The van der Waals surface area contributed by atoms with Crippen LogP contribution in [0.4, 0.5) is 5.69 Å². The van der Waals surface area contributed by atoms with Crippen molar-refractivity contribution in [2.24, 2.45) is 5.73 Å². The van der Waals surface area contributed by atoms with Gasteiger partial charge >= 0.3 is 0 Å². The predicted octanol–water partition coefficient (Wildman–Crippen LogP) is 1.71. The first-order valence-corrected chi connectivity index (χ1v) is 4.79. The Morgan fingerprint density at radius 3 is 3.00 bits per heavy atom. The van der Waals surface area contributed by atoms with Crippen LogP contribution in [0.3, 0.4) is 0 Å². The SMILES string of the molecule is CN1C(=O)CC(N)c2cccc(Cl)c21. The lowest BCUT2D eigenvalue weighted by Gasteiger charge is -2.30. The van der Waals surface area contributed by atoms with Gasteiger partial charge in [-0.1, -0.05) is 23.7 Å². The lowest BCUT2D eigenvalue weighted by Crippen LogP contribution is -2.35. The molecule has 1 unspecified atom stereocenters. The van der Waals surface area contributed by atoms with Gasteiger partial charge in [-0.15, -0.1) is 0 Å². The summed E-state index contributed by atoms with van der Waals surface area (Å²) in [5.74, 6) is 0.0121. The summed E-state index contributed by atoms with van der Waals surface area (Å²) in [6, 6.07) is 5.30. The van der Waals surface area contributed by atoms with E-state index < -0.39 is 0 Å². The second-order valence-corrected chi connectivity index (χ2v) is 3.85. The third-order valence-electron chi connectivity index (χ3n) is 2.52. The van der Waals surface area contributed by atoms with Crippen molar-refractivity contribution in [1.82, 2.24) is 0 Å². The summed E-state index contributed by atoms with van der Waals surface area (Å²) in [5, 5.41) is 0.577. The zero-order chi connectivity index (χ0) is 10.3. The summed E-state index contributed by atoms with van der Waals surface area (Å²) < 4.78 is 0. The first-order chi connectivity index (χ1) is 6.61. The quantitative estimate of drug-likeness (QED) is 0.709. The Bertz CT molecular complexity index is 392. The zero-order valence-electron chi connectivity index (χ0n) is 7.83. The van der Waals surface area contributed by atoms with Crippen molar-refractivity contribution < 1.29 is 4.79 Å². The Kier molecular flexibility index (Phi) is 2.21. The van der Waals surface area contributed by atoms with E-state index in [0.717, 1.165) is 11.3 Å². The van der Waals surface area contributed by atoms with E-state index >= 15 is 0 Å². The molecule has 0 aromatic heterocycles. The standard InChI is InChI=1S/C10H11ClN2O/c1-13-9(14)5-8(12)6-3-2-4-7(11)10(6)13/h2-4,8H,5,12H2,1H3. The number of carbonyl (C=O) groups is 1. The molecule has 74 valence electrons. The zero-order valence-corrected chi connectivity index (χ0v) is 8.58. The van der Waals surface area contributed by atoms with Gasteiger partial charge in [-0.2, -0.15) is 0 Å². The van der Waals surface area contributed by atoms with Gasteiger partial charge < -0.3 is 10.6 Å². The number of benzene rings is 1. The summed E-state index contributed by atoms with van der Waals surface area (Å²) in [7, 11) is 1.72. The highest BCUT2D eigenvalue weighted by molar-refractivity contribution is 6.34. The highest BCUT2D eigenvalue weighted by Crippen LogP contribution is 2.37. The largest absolute Gasteiger partial charge is 0.323 e. The lowest BCUT2D eigenvalue weighted by atomic mass is 9.97. The number of para-hydroxylation sites is 1. The second kappa shape index (κ2) is 3.26. The molecule has 0 aliphatic carbocycles. The average Bonchev–Trinajstić information content (AvgIpc) is 2.14. The van der Waals surface area contributed by atoms with Crippen molar-refractivity contribution >= 4 is 23.2 Å². The Morgan fingerprint density at radius 1 is 1.57 bits per heavy atom. The maximum Gasteiger partial charge on any atom is 0.228 e. The fourth-order valence-electron chi connectivity index (χ4n) is 1.74. The van der Waals surface area contributed by atoms with Crippen LogP contribution in [-0.4, -0.2) is 13.0 Å². The Hall–Kier alpha value is -1.06. The molecule has 1 aromatic rings. The first kappa shape index (κ1) is 9.49. The molecule has 0 fully saturated rings. The molecular formula is C10H11ClN2O. The van der Waals surface area contributed by atoms with Crippen molar-refractivity contribution in [2.75, 3.05) is 11.9 Å². The van der Waals surface area contributed by atoms with Crippen molar-refractivity contribution in [3.8, 4) is 0 Å². The number of nitrogens with two attached hydrogens (primary N) is 1. The summed E-state index contributed by atoms with van der Waals surface area (Å²) in [6.45, 7) is 0. The Morgan fingerprint density at radius 2 is 2.29 bits per heavy atom. The first-order valence-electron chi connectivity index (χ1n) is 4.42. The molecule has 3 nitrogen and oxygen atoms in total. The molecule has 14 heavy (non-hydrogen) atoms. The number of rotatable bonds is 0. The Balaban J connectivity index is 2.62. The highest BCUT2D eigenvalue weighted by atomic mass is 35.5. The van der Waals surface area contributed by atoms with Crippen molar-refractivity contribution in [3.05, 3.63) is 28.8 Å². The lowest BCUT2D eigenvalue weighted by molar-refractivity contribution is -0.119. The van der Waals surface area contributed by atoms with Gasteiger partial charge in [-0.25, -0.2) is 0 Å². The molecule has 0 bridgehead atoms. The van der Waals surface area contributed by atoms with E-state index in [-0.39, 0.29) is 11.9 Å². The normalized spacial score (nSPS) is 20.9. The van der Waals surface area contributed by atoms with Crippen molar-refractivity contribution in [3.63, 3.8) is 0 Å². The van der Waals surface area contributed by atoms with E-state index in [0.29, 0.717) is 11.4 Å². The molecule has 4 heteroatoms. The van der Waals surface area contributed by atoms with Crippen LogP contribution in [0.1, 0.15) is 18.0 Å². The average molecular weight is 211 g/mol. The molecule has 1 aliphatic heterocycles. The van der Waals surface area contributed by atoms with Gasteiger partial charge in [-0.05, 0) is 11.6 Å². The molecule has 1 amide bonds. The number of halogens is 1.